The molecule has 1 saturated heterocycles. The number of rotatable bonds is 7. The van der Waals surface area contributed by atoms with Crippen molar-refractivity contribution in [3.63, 3.8) is 0 Å². The molecule has 2 amide bonds. The van der Waals surface area contributed by atoms with Crippen LogP contribution in [0.2, 0.25) is 0 Å². The first-order valence-electron chi connectivity index (χ1n) is 7.85. The van der Waals surface area contributed by atoms with Crippen LogP contribution in [0, 0.1) is 5.92 Å². The van der Waals surface area contributed by atoms with Crippen LogP contribution in [0.25, 0.3) is 0 Å². The minimum Gasteiger partial charge on any atom is -0.497 e. The van der Waals surface area contributed by atoms with Crippen LogP contribution < -0.4 is 10.1 Å². The third kappa shape index (κ3) is 4.89. The van der Waals surface area contributed by atoms with E-state index in [9.17, 15) is 9.59 Å². The summed E-state index contributed by atoms with van der Waals surface area (Å²) < 4.78 is 5.12. The molecule has 1 aliphatic rings. The predicted octanol–water partition coefficient (Wildman–Crippen LogP) is 2.16. The van der Waals surface area contributed by atoms with Crippen LogP contribution in [-0.4, -0.2) is 48.7 Å². The fourth-order valence-electron chi connectivity index (χ4n) is 2.57. The first-order chi connectivity index (χ1) is 11.0. The van der Waals surface area contributed by atoms with Gasteiger partial charge in [-0.05, 0) is 38.1 Å². The van der Waals surface area contributed by atoms with Gasteiger partial charge in [0.2, 0.25) is 11.8 Å². The van der Waals surface area contributed by atoms with E-state index >= 15 is 0 Å². The highest BCUT2D eigenvalue weighted by Gasteiger charge is 2.35. The van der Waals surface area contributed by atoms with E-state index in [0.29, 0.717) is 19.5 Å². The third-order valence-corrected chi connectivity index (χ3v) is 4.90. The number of nitrogens with one attached hydrogen (secondary N) is 1. The molecule has 0 radical (unpaired) electrons. The monoisotopic (exact) mass is 336 g/mol. The first-order valence-corrected chi connectivity index (χ1v) is 8.84. The summed E-state index contributed by atoms with van der Waals surface area (Å²) in [5.41, 5.74) is 0. The predicted molar refractivity (Wildman–Crippen MR) is 91.7 cm³/mol. The number of hydrogen-bond donors (Lipinski definition) is 1. The molecule has 1 fully saturated rings. The van der Waals surface area contributed by atoms with E-state index in [0.717, 1.165) is 16.4 Å². The van der Waals surface area contributed by atoms with Crippen molar-refractivity contribution in [2.45, 2.75) is 31.2 Å². The zero-order chi connectivity index (χ0) is 16.8. The van der Waals surface area contributed by atoms with Gasteiger partial charge in [-0.15, -0.1) is 11.8 Å². The Morgan fingerprint density at radius 1 is 1.39 bits per heavy atom. The van der Waals surface area contributed by atoms with Crippen molar-refractivity contribution in [1.29, 1.82) is 0 Å². The summed E-state index contributed by atoms with van der Waals surface area (Å²) in [7, 11) is 1.64. The van der Waals surface area contributed by atoms with Gasteiger partial charge < -0.3 is 15.0 Å². The molecule has 23 heavy (non-hydrogen) atoms. The molecule has 5 nitrogen and oxygen atoms in total. The number of methoxy groups -OCH3 is 1. The zero-order valence-electron chi connectivity index (χ0n) is 13.9. The summed E-state index contributed by atoms with van der Waals surface area (Å²) >= 11 is 1.68. The Hall–Kier alpha value is -1.69. The summed E-state index contributed by atoms with van der Waals surface area (Å²) in [4.78, 5) is 26.9. The van der Waals surface area contributed by atoms with E-state index in [4.69, 9.17) is 4.74 Å². The lowest BCUT2D eigenvalue weighted by molar-refractivity contribution is -0.129. The van der Waals surface area contributed by atoms with Crippen LogP contribution in [0.4, 0.5) is 0 Å². The Labute approximate surface area is 141 Å². The normalized spacial score (nSPS) is 17.7. The molecule has 0 spiro atoms. The number of nitrogens with zero attached hydrogens (tertiary/aromatic N) is 1. The van der Waals surface area contributed by atoms with Crippen LogP contribution in [0.15, 0.2) is 29.2 Å². The largest absolute Gasteiger partial charge is 0.497 e. The van der Waals surface area contributed by atoms with Gasteiger partial charge in [0.15, 0.2) is 0 Å². The Morgan fingerprint density at radius 2 is 2.09 bits per heavy atom. The molecule has 1 N–H and O–H groups in total. The summed E-state index contributed by atoms with van der Waals surface area (Å²) in [5, 5.41) is 2.93. The quantitative estimate of drug-likeness (QED) is 0.612. The van der Waals surface area contributed by atoms with Gasteiger partial charge in [-0.1, -0.05) is 0 Å². The summed E-state index contributed by atoms with van der Waals surface area (Å²) in [6.45, 7) is 5.09. The standard InChI is InChI=1S/C17H24N2O3S/c1-12(2)19-11-13(10-16(19)20)17(21)18-8-9-23-15-6-4-14(22-3)5-7-15/h4-7,12-13H,8-11H2,1-3H3,(H,18,21)/t13-/m1/s1. The van der Waals surface area contributed by atoms with E-state index in [1.807, 2.05) is 38.1 Å². The number of amides is 2. The number of carbonyl (C=O) groups is 2. The lowest BCUT2D eigenvalue weighted by atomic mass is 10.1. The fraction of sp³-hybridized carbons (Fsp3) is 0.529. The maximum absolute atomic E-state index is 12.1. The van der Waals surface area contributed by atoms with Crippen molar-refractivity contribution in [2.75, 3.05) is 26.0 Å². The van der Waals surface area contributed by atoms with Gasteiger partial charge in [0.05, 0.1) is 13.0 Å². The Kier molecular flexibility index (Phi) is 6.33. The second-order valence-corrected chi connectivity index (χ2v) is 7.02. The van der Waals surface area contributed by atoms with E-state index in [-0.39, 0.29) is 23.8 Å². The van der Waals surface area contributed by atoms with Crippen LogP contribution in [-0.2, 0) is 9.59 Å². The Morgan fingerprint density at radius 3 is 2.65 bits per heavy atom. The summed E-state index contributed by atoms with van der Waals surface area (Å²) in [5.74, 6) is 1.48. The van der Waals surface area contributed by atoms with Crippen molar-refractivity contribution in [2.24, 2.45) is 5.92 Å². The molecule has 0 aliphatic carbocycles. The highest BCUT2D eigenvalue weighted by molar-refractivity contribution is 7.99. The number of carbonyl (C=O) groups excluding carboxylic acids is 2. The van der Waals surface area contributed by atoms with Crippen LogP contribution >= 0.6 is 11.8 Å². The molecule has 2 rings (SSSR count). The molecule has 0 aromatic heterocycles. The number of hydrogen-bond acceptors (Lipinski definition) is 4. The molecule has 1 heterocycles. The molecular weight excluding hydrogens is 312 g/mol. The lowest BCUT2D eigenvalue weighted by Crippen LogP contribution is -2.36. The van der Waals surface area contributed by atoms with Crippen molar-refractivity contribution in [3.8, 4) is 5.75 Å². The summed E-state index contributed by atoms with van der Waals surface area (Å²) in [6, 6.07) is 8.01. The van der Waals surface area contributed by atoms with Gasteiger partial charge in [-0.2, -0.15) is 0 Å². The van der Waals surface area contributed by atoms with E-state index in [1.165, 1.54) is 0 Å². The highest BCUT2D eigenvalue weighted by atomic mass is 32.2. The molecule has 1 aromatic rings. The van der Waals surface area contributed by atoms with Crippen LogP contribution in [0.5, 0.6) is 5.75 Å². The van der Waals surface area contributed by atoms with Gasteiger partial charge in [0.1, 0.15) is 5.75 Å². The molecule has 0 bridgehead atoms. The van der Waals surface area contributed by atoms with E-state index in [1.54, 1.807) is 23.8 Å². The van der Waals surface area contributed by atoms with Crippen molar-refractivity contribution >= 4 is 23.6 Å². The molecule has 6 heteroatoms. The first kappa shape index (κ1) is 17.7. The molecular formula is C17H24N2O3S. The van der Waals surface area contributed by atoms with Gasteiger partial charge in [-0.25, -0.2) is 0 Å². The highest BCUT2D eigenvalue weighted by Crippen LogP contribution is 2.22. The number of thioether (sulfide) groups is 1. The fourth-order valence-corrected chi connectivity index (χ4v) is 3.33. The van der Waals surface area contributed by atoms with E-state index in [2.05, 4.69) is 5.32 Å². The molecule has 1 atom stereocenters. The second-order valence-electron chi connectivity index (χ2n) is 5.86. The average Bonchev–Trinajstić information content (AvgIpc) is 2.94. The Bertz CT molecular complexity index is 545. The molecule has 1 aliphatic heterocycles. The van der Waals surface area contributed by atoms with Crippen molar-refractivity contribution in [3.05, 3.63) is 24.3 Å². The second kappa shape index (κ2) is 8.24. The minimum atomic E-state index is -0.212. The molecule has 1 aromatic carbocycles. The number of likely N-dealkylation sites (tertiary alicyclic amines) is 1. The van der Waals surface area contributed by atoms with Gasteiger partial charge in [0, 0.05) is 36.2 Å². The van der Waals surface area contributed by atoms with Gasteiger partial charge >= 0.3 is 0 Å². The number of benzene rings is 1. The Balaban J connectivity index is 1.70. The van der Waals surface area contributed by atoms with Crippen LogP contribution in [0.1, 0.15) is 20.3 Å². The molecule has 0 unspecified atom stereocenters. The van der Waals surface area contributed by atoms with Gasteiger partial charge in [0.25, 0.3) is 0 Å². The number of ether oxygens (including phenoxy) is 1. The lowest BCUT2D eigenvalue weighted by Gasteiger charge is -2.20. The van der Waals surface area contributed by atoms with E-state index < -0.39 is 0 Å². The SMILES string of the molecule is COc1ccc(SCCNC(=O)[C@@H]2CC(=O)N(C(C)C)C2)cc1. The van der Waals surface area contributed by atoms with Gasteiger partial charge in [-0.3, -0.25) is 9.59 Å². The maximum atomic E-state index is 12.1. The zero-order valence-corrected chi connectivity index (χ0v) is 14.7. The average molecular weight is 336 g/mol. The summed E-state index contributed by atoms with van der Waals surface area (Å²) in [6.07, 6.45) is 0.329. The maximum Gasteiger partial charge on any atom is 0.225 e. The van der Waals surface area contributed by atoms with Crippen LogP contribution in [0.3, 0.4) is 0 Å². The van der Waals surface area contributed by atoms with Crippen molar-refractivity contribution in [1.82, 2.24) is 10.2 Å². The topological polar surface area (TPSA) is 58.6 Å². The smallest absolute Gasteiger partial charge is 0.225 e. The molecule has 126 valence electrons. The van der Waals surface area contributed by atoms with Crippen molar-refractivity contribution < 1.29 is 14.3 Å². The molecule has 0 saturated carbocycles. The third-order valence-electron chi connectivity index (χ3n) is 3.88. The minimum absolute atomic E-state index is 0.0168.